The van der Waals surface area contributed by atoms with Crippen LogP contribution in [0.25, 0.3) is 0 Å². The number of hydrogen-bond donors (Lipinski definition) is 2. The first kappa shape index (κ1) is 15.1. The molecule has 3 N–H and O–H groups in total. The number of anilines is 1. The summed E-state index contributed by atoms with van der Waals surface area (Å²) in [6.07, 6.45) is 0.405. The molecule has 110 valence electrons. The Bertz CT molecular complexity index is 662. The average molecular weight is 282 g/mol. The Morgan fingerprint density at radius 1 is 1.10 bits per heavy atom. The summed E-state index contributed by atoms with van der Waals surface area (Å²) in [5.41, 5.74) is 12.2. The molecule has 0 radical (unpaired) electrons. The fourth-order valence-electron chi connectivity index (χ4n) is 2.25. The van der Waals surface area contributed by atoms with Crippen LogP contribution in [0, 0.1) is 20.8 Å². The van der Waals surface area contributed by atoms with Gasteiger partial charge in [0.2, 0.25) is 5.91 Å². The van der Waals surface area contributed by atoms with Crippen LogP contribution in [0.2, 0.25) is 0 Å². The number of nitrogen functional groups attached to an aromatic ring is 1. The lowest BCUT2D eigenvalue weighted by Crippen LogP contribution is -2.25. The van der Waals surface area contributed by atoms with E-state index in [4.69, 9.17) is 5.73 Å². The summed E-state index contributed by atoms with van der Waals surface area (Å²) in [6.45, 7) is 6.62. The van der Waals surface area contributed by atoms with Crippen LogP contribution in [0.4, 0.5) is 5.69 Å². The van der Waals surface area contributed by atoms with E-state index >= 15 is 0 Å². The van der Waals surface area contributed by atoms with Crippen molar-refractivity contribution >= 4 is 11.6 Å². The zero-order valence-electron chi connectivity index (χ0n) is 12.9. The van der Waals surface area contributed by atoms with Crippen LogP contribution in [0.5, 0.6) is 0 Å². The zero-order chi connectivity index (χ0) is 15.4. The van der Waals surface area contributed by atoms with E-state index in [1.165, 1.54) is 11.1 Å². The van der Waals surface area contributed by atoms with Crippen molar-refractivity contribution in [1.29, 1.82) is 0 Å². The number of aryl methyl sites for hydroxylation is 2. The molecule has 0 heterocycles. The number of benzene rings is 2. The van der Waals surface area contributed by atoms with Crippen molar-refractivity contribution in [2.45, 2.75) is 33.7 Å². The maximum atomic E-state index is 12.0. The summed E-state index contributed by atoms with van der Waals surface area (Å²) in [4.78, 5) is 12.0. The van der Waals surface area contributed by atoms with Crippen LogP contribution in [-0.2, 0) is 17.8 Å². The number of carbonyl (C=O) groups is 1. The van der Waals surface area contributed by atoms with Crippen LogP contribution >= 0.6 is 0 Å². The summed E-state index contributed by atoms with van der Waals surface area (Å²) in [7, 11) is 0. The number of rotatable bonds is 4. The Morgan fingerprint density at radius 2 is 1.86 bits per heavy atom. The van der Waals surface area contributed by atoms with Gasteiger partial charge in [0.15, 0.2) is 0 Å². The standard InChI is InChI=1S/C18H22N2O/c1-12-7-8-15(9-13(12)2)10-18(21)20-11-16-5-4-6-17(19)14(16)3/h4-9H,10-11,19H2,1-3H3,(H,20,21). The summed E-state index contributed by atoms with van der Waals surface area (Å²) in [6, 6.07) is 11.9. The molecule has 0 saturated carbocycles. The zero-order valence-corrected chi connectivity index (χ0v) is 12.9. The van der Waals surface area contributed by atoms with E-state index < -0.39 is 0 Å². The molecule has 2 aromatic carbocycles. The molecular weight excluding hydrogens is 260 g/mol. The third kappa shape index (κ3) is 3.85. The highest BCUT2D eigenvalue weighted by Crippen LogP contribution is 2.15. The van der Waals surface area contributed by atoms with Crippen LogP contribution in [0.15, 0.2) is 36.4 Å². The SMILES string of the molecule is Cc1ccc(CC(=O)NCc2cccc(N)c2C)cc1C. The number of amides is 1. The second-order valence-corrected chi connectivity index (χ2v) is 5.50. The van der Waals surface area contributed by atoms with Gasteiger partial charge in [0.1, 0.15) is 0 Å². The first-order valence-corrected chi connectivity index (χ1v) is 7.14. The summed E-state index contributed by atoms with van der Waals surface area (Å²) >= 11 is 0. The van der Waals surface area contributed by atoms with E-state index in [0.29, 0.717) is 13.0 Å². The molecule has 0 unspecified atom stereocenters. The van der Waals surface area contributed by atoms with E-state index in [1.807, 2.05) is 31.2 Å². The van der Waals surface area contributed by atoms with E-state index in [2.05, 4.69) is 31.3 Å². The molecule has 1 amide bonds. The molecule has 0 saturated heterocycles. The quantitative estimate of drug-likeness (QED) is 0.847. The third-order valence-electron chi connectivity index (χ3n) is 3.90. The third-order valence-corrected chi connectivity index (χ3v) is 3.90. The monoisotopic (exact) mass is 282 g/mol. The Morgan fingerprint density at radius 3 is 2.57 bits per heavy atom. The minimum Gasteiger partial charge on any atom is -0.399 e. The molecule has 2 rings (SSSR count). The first-order chi connectivity index (χ1) is 9.97. The highest BCUT2D eigenvalue weighted by atomic mass is 16.1. The topological polar surface area (TPSA) is 55.1 Å². The van der Waals surface area contributed by atoms with Crippen LogP contribution in [-0.4, -0.2) is 5.91 Å². The Balaban J connectivity index is 1.96. The van der Waals surface area contributed by atoms with Crippen LogP contribution in [0.1, 0.15) is 27.8 Å². The largest absolute Gasteiger partial charge is 0.399 e. The summed E-state index contributed by atoms with van der Waals surface area (Å²) in [5, 5.41) is 2.96. The van der Waals surface area contributed by atoms with Crippen molar-refractivity contribution in [1.82, 2.24) is 5.32 Å². The van der Waals surface area contributed by atoms with Crippen molar-refractivity contribution in [2.24, 2.45) is 0 Å². The molecule has 0 aromatic heterocycles. The van der Waals surface area contributed by atoms with Crippen molar-refractivity contribution in [3.63, 3.8) is 0 Å². The van der Waals surface area contributed by atoms with Gasteiger partial charge in [-0.25, -0.2) is 0 Å². The smallest absolute Gasteiger partial charge is 0.224 e. The summed E-state index contributed by atoms with van der Waals surface area (Å²) in [5.74, 6) is 0.0278. The molecule has 0 bridgehead atoms. The predicted molar refractivity (Wildman–Crippen MR) is 87.1 cm³/mol. The summed E-state index contributed by atoms with van der Waals surface area (Å²) < 4.78 is 0. The van der Waals surface area contributed by atoms with Gasteiger partial charge in [-0.3, -0.25) is 4.79 Å². The average Bonchev–Trinajstić information content (AvgIpc) is 2.44. The van der Waals surface area contributed by atoms with Crippen molar-refractivity contribution in [2.75, 3.05) is 5.73 Å². The molecule has 2 aromatic rings. The van der Waals surface area contributed by atoms with Gasteiger partial charge in [-0.1, -0.05) is 30.3 Å². The lowest BCUT2D eigenvalue weighted by molar-refractivity contribution is -0.120. The minimum absolute atomic E-state index is 0.0278. The first-order valence-electron chi connectivity index (χ1n) is 7.14. The van der Waals surface area contributed by atoms with Crippen molar-refractivity contribution < 1.29 is 4.79 Å². The highest BCUT2D eigenvalue weighted by Gasteiger charge is 2.06. The molecule has 0 aliphatic heterocycles. The second-order valence-electron chi connectivity index (χ2n) is 5.50. The van der Waals surface area contributed by atoms with Gasteiger partial charge >= 0.3 is 0 Å². The second kappa shape index (κ2) is 6.44. The maximum absolute atomic E-state index is 12.0. The normalized spacial score (nSPS) is 10.4. The van der Waals surface area contributed by atoms with E-state index in [9.17, 15) is 4.79 Å². The molecule has 0 spiro atoms. The van der Waals surface area contributed by atoms with Gasteiger partial charge in [-0.15, -0.1) is 0 Å². The predicted octanol–water partition coefficient (Wildman–Crippen LogP) is 3.05. The molecular formula is C18H22N2O. The van der Waals surface area contributed by atoms with Gasteiger partial charge in [-0.05, 0) is 54.7 Å². The molecule has 3 heteroatoms. The van der Waals surface area contributed by atoms with Gasteiger partial charge in [0.05, 0.1) is 6.42 Å². The molecule has 0 aliphatic rings. The van der Waals surface area contributed by atoms with Crippen molar-refractivity contribution in [3.8, 4) is 0 Å². The Labute approximate surface area is 126 Å². The van der Waals surface area contributed by atoms with Gasteiger partial charge in [0.25, 0.3) is 0 Å². The molecule has 0 aliphatic carbocycles. The van der Waals surface area contributed by atoms with Gasteiger partial charge in [-0.2, -0.15) is 0 Å². The molecule has 0 fully saturated rings. The Hall–Kier alpha value is -2.29. The number of nitrogens with two attached hydrogens (primary N) is 1. The fraction of sp³-hybridized carbons (Fsp3) is 0.278. The Kier molecular flexibility index (Phi) is 4.63. The van der Waals surface area contributed by atoms with Gasteiger partial charge < -0.3 is 11.1 Å². The van der Waals surface area contributed by atoms with E-state index in [1.54, 1.807) is 0 Å². The van der Waals surface area contributed by atoms with E-state index in [-0.39, 0.29) is 5.91 Å². The van der Waals surface area contributed by atoms with Crippen LogP contribution in [0.3, 0.4) is 0 Å². The van der Waals surface area contributed by atoms with Gasteiger partial charge in [0, 0.05) is 12.2 Å². The highest BCUT2D eigenvalue weighted by molar-refractivity contribution is 5.78. The molecule has 0 atom stereocenters. The molecule has 3 nitrogen and oxygen atoms in total. The van der Waals surface area contributed by atoms with E-state index in [0.717, 1.165) is 22.4 Å². The number of hydrogen-bond acceptors (Lipinski definition) is 2. The lowest BCUT2D eigenvalue weighted by Gasteiger charge is -2.10. The number of nitrogens with one attached hydrogen (secondary N) is 1. The number of carbonyl (C=O) groups excluding carboxylic acids is 1. The maximum Gasteiger partial charge on any atom is 0.224 e. The van der Waals surface area contributed by atoms with Crippen LogP contribution < -0.4 is 11.1 Å². The molecule has 21 heavy (non-hydrogen) atoms. The lowest BCUT2D eigenvalue weighted by atomic mass is 10.0. The minimum atomic E-state index is 0.0278. The van der Waals surface area contributed by atoms with Crippen molar-refractivity contribution in [3.05, 3.63) is 64.2 Å². The fourth-order valence-corrected chi connectivity index (χ4v) is 2.25.